The lowest BCUT2D eigenvalue weighted by Gasteiger charge is -1.94. The molecular formula is C10H7ClO3. The minimum Gasteiger partial charge on any atom is -0.508 e. The lowest BCUT2D eigenvalue weighted by molar-refractivity contribution is -0.135. The van der Waals surface area contributed by atoms with Gasteiger partial charge in [-0.1, -0.05) is 23.4 Å². The minimum atomic E-state index is -0.983. The van der Waals surface area contributed by atoms with Gasteiger partial charge in [-0.15, -0.1) is 0 Å². The van der Waals surface area contributed by atoms with E-state index < -0.39 is 5.97 Å². The van der Waals surface area contributed by atoms with Crippen LogP contribution in [0.5, 0.6) is 5.75 Å². The fourth-order valence-electron chi connectivity index (χ4n) is 0.868. The summed E-state index contributed by atoms with van der Waals surface area (Å²) < 4.78 is 0. The van der Waals surface area contributed by atoms with Crippen LogP contribution in [-0.4, -0.2) is 16.2 Å². The van der Waals surface area contributed by atoms with Gasteiger partial charge in [0.2, 0.25) is 0 Å². The van der Waals surface area contributed by atoms with Crippen LogP contribution in [0.25, 0.3) is 0 Å². The van der Waals surface area contributed by atoms with Gasteiger partial charge >= 0.3 is 5.97 Å². The maximum Gasteiger partial charge on any atom is 0.315 e. The molecule has 1 rings (SSSR count). The molecule has 72 valence electrons. The van der Waals surface area contributed by atoms with E-state index >= 15 is 0 Å². The molecule has 0 atom stereocenters. The van der Waals surface area contributed by atoms with E-state index in [2.05, 4.69) is 11.8 Å². The van der Waals surface area contributed by atoms with Crippen LogP contribution in [0.1, 0.15) is 12.0 Å². The van der Waals surface area contributed by atoms with Crippen molar-refractivity contribution in [1.29, 1.82) is 0 Å². The number of halogens is 1. The molecule has 3 nitrogen and oxygen atoms in total. The van der Waals surface area contributed by atoms with Crippen LogP contribution in [-0.2, 0) is 4.79 Å². The molecule has 1 aromatic rings. The summed E-state index contributed by atoms with van der Waals surface area (Å²) in [4.78, 5) is 10.1. The molecule has 0 amide bonds. The van der Waals surface area contributed by atoms with Crippen molar-refractivity contribution in [1.82, 2.24) is 0 Å². The highest BCUT2D eigenvalue weighted by Crippen LogP contribution is 2.18. The SMILES string of the molecule is O=C(O)CC#Cc1cc(O)cc(Cl)c1. The number of aliphatic carboxylic acids is 1. The fourth-order valence-corrected chi connectivity index (χ4v) is 1.10. The van der Waals surface area contributed by atoms with Crippen molar-refractivity contribution >= 4 is 17.6 Å². The van der Waals surface area contributed by atoms with E-state index in [1.54, 1.807) is 6.07 Å². The number of carboxylic acid groups (broad SMARTS) is 1. The molecule has 0 aliphatic carbocycles. The molecule has 0 spiro atoms. The average molecular weight is 211 g/mol. The van der Waals surface area contributed by atoms with Gasteiger partial charge in [0.1, 0.15) is 12.2 Å². The Balaban J connectivity index is 2.84. The highest BCUT2D eigenvalue weighted by atomic mass is 35.5. The maximum absolute atomic E-state index is 10.1. The third-order valence-electron chi connectivity index (χ3n) is 1.35. The molecule has 4 heteroatoms. The van der Waals surface area contributed by atoms with Gasteiger partial charge in [0.15, 0.2) is 0 Å². The van der Waals surface area contributed by atoms with Crippen molar-refractivity contribution in [3.8, 4) is 17.6 Å². The highest BCUT2D eigenvalue weighted by Gasteiger charge is 1.95. The van der Waals surface area contributed by atoms with Crippen molar-refractivity contribution in [3.63, 3.8) is 0 Å². The van der Waals surface area contributed by atoms with E-state index in [1.165, 1.54) is 12.1 Å². The molecule has 0 saturated heterocycles. The highest BCUT2D eigenvalue weighted by molar-refractivity contribution is 6.30. The van der Waals surface area contributed by atoms with Crippen LogP contribution in [0.4, 0.5) is 0 Å². The number of hydrogen-bond acceptors (Lipinski definition) is 2. The zero-order valence-corrected chi connectivity index (χ0v) is 7.88. The Hall–Kier alpha value is -1.66. The molecule has 2 N–H and O–H groups in total. The first-order valence-corrected chi connectivity index (χ1v) is 4.16. The number of carboxylic acids is 1. The maximum atomic E-state index is 10.1. The van der Waals surface area contributed by atoms with Gasteiger partial charge in [0.05, 0.1) is 0 Å². The summed E-state index contributed by atoms with van der Waals surface area (Å²) in [6, 6.07) is 4.35. The average Bonchev–Trinajstić information content (AvgIpc) is 2.01. The number of phenols is 1. The van der Waals surface area contributed by atoms with Gasteiger partial charge in [0.25, 0.3) is 0 Å². The molecule has 0 unspecified atom stereocenters. The third-order valence-corrected chi connectivity index (χ3v) is 1.57. The van der Waals surface area contributed by atoms with Crippen molar-refractivity contribution in [2.45, 2.75) is 6.42 Å². The lowest BCUT2D eigenvalue weighted by atomic mass is 10.2. The van der Waals surface area contributed by atoms with Crippen LogP contribution in [0, 0.1) is 11.8 Å². The molecule has 0 aliphatic heterocycles. The second-order valence-electron chi connectivity index (χ2n) is 2.57. The van der Waals surface area contributed by atoms with Gasteiger partial charge in [-0.3, -0.25) is 4.79 Å². The predicted molar refractivity (Wildman–Crippen MR) is 52.2 cm³/mol. The fraction of sp³-hybridized carbons (Fsp3) is 0.100. The quantitative estimate of drug-likeness (QED) is 0.696. The number of aromatic hydroxyl groups is 1. The normalized spacial score (nSPS) is 8.93. The summed E-state index contributed by atoms with van der Waals surface area (Å²) in [7, 11) is 0. The van der Waals surface area contributed by atoms with E-state index in [4.69, 9.17) is 21.8 Å². The van der Waals surface area contributed by atoms with E-state index in [0.717, 1.165) is 0 Å². The Kier molecular flexibility index (Phi) is 3.38. The standard InChI is InChI=1S/C10H7ClO3/c11-8-4-7(5-9(12)6-8)2-1-3-10(13)14/h4-6,12H,3H2,(H,13,14). The Morgan fingerprint density at radius 1 is 1.43 bits per heavy atom. The second-order valence-corrected chi connectivity index (χ2v) is 3.01. The number of hydrogen-bond donors (Lipinski definition) is 2. The summed E-state index contributed by atoms with van der Waals surface area (Å²) in [6.45, 7) is 0. The van der Waals surface area contributed by atoms with Crippen LogP contribution < -0.4 is 0 Å². The number of carbonyl (C=O) groups is 1. The lowest BCUT2D eigenvalue weighted by Crippen LogP contribution is -1.90. The topological polar surface area (TPSA) is 57.5 Å². The second kappa shape index (κ2) is 4.54. The summed E-state index contributed by atoms with van der Waals surface area (Å²) >= 11 is 5.65. The van der Waals surface area contributed by atoms with E-state index in [1.807, 2.05) is 0 Å². The van der Waals surface area contributed by atoms with Gasteiger partial charge in [-0.25, -0.2) is 0 Å². The first kappa shape index (κ1) is 10.4. The van der Waals surface area contributed by atoms with E-state index in [9.17, 15) is 4.79 Å². The Bertz CT molecular complexity index is 395. The number of benzene rings is 1. The summed E-state index contributed by atoms with van der Waals surface area (Å²) in [6.07, 6.45) is -0.229. The van der Waals surface area contributed by atoms with E-state index in [0.29, 0.717) is 10.6 Å². The first-order chi connectivity index (χ1) is 6.58. The Labute approximate surface area is 85.9 Å². The molecule has 0 saturated carbocycles. The van der Waals surface area contributed by atoms with Gasteiger partial charge < -0.3 is 10.2 Å². The third kappa shape index (κ3) is 3.38. The van der Waals surface area contributed by atoms with Crippen molar-refractivity contribution in [3.05, 3.63) is 28.8 Å². The molecule has 14 heavy (non-hydrogen) atoms. The summed E-state index contributed by atoms with van der Waals surface area (Å²) in [5.74, 6) is 4.05. The largest absolute Gasteiger partial charge is 0.508 e. The van der Waals surface area contributed by atoms with Crippen molar-refractivity contribution < 1.29 is 15.0 Å². The molecule has 0 bridgehead atoms. The number of phenolic OH excluding ortho intramolecular Hbond substituents is 1. The summed E-state index contributed by atoms with van der Waals surface area (Å²) in [5, 5.41) is 17.8. The van der Waals surface area contributed by atoms with Gasteiger partial charge in [-0.2, -0.15) is 0 Å². The Morgan fingerprint density at radius 2 is 2.14 bits per heavy atom. The molecule has 0 fully saturated rings. The van der Waals surface area contributed by atoms with Gasteiger partial charge in [0, 0.05) is 10.6 Å². The predicted octanol–water partition coefficient (Wildman–Crippen LogP) is 1.87. The zero-order chi connectivity index (χ0) is 10.6. The monoisotopic (exact) mass is 210 g/mol. The van der Waals surface area contributed by atoms with Gasteiger partial charge in [-0.05, 0) is 18.2 Å². The van der Waals surface area contributed by atoms with Crippen LogP contribution >= 0.6 is 11.6 Å². The molecule has 0 aliphatic rings. The van der Waals surface area contributed by atoms with Crippen molar-refractivity contribution in [2.75, 3.05) is 0 Å². The molecule has 0 aromatic heterocycles. The summed E-state index contributed by atoms with van der Waals surface area (Å²) in [5.41, 5.74) is 0.497. The van der Waals surface area contributed by atoms with Crippen LogP contribution in [0.3, 0.4) is 0 Å². The zero-order valence-electron chi connectivity index (χ0n) is 7.12. The molecule has 0 heterocycles. The van der Waals surface area contributed by atoms with E-state index in [-0.39, 0.29) is 12.2 Å². The Morgan fingerprint density at radius 3 is 2.71 bits per heavy atom. The number of rotatable bonds is 1. The van der Waals surface area contributed by atoms with Crippen LogP contribution in [0.2, 0.25) is 5.02 Å². The minimum absolute atomic E-state index is 0.0112. The van der Waals surface area contributed by atoms with Crippen LogP contribution in [0.15, 0.2) is 18.2 Å². The smallest absolute Gasteiger partial charge is 0.315 e. The first-order valence-electron chi connectivity index (χ1n) is 3.78. The molecular weight excluding hydrogens is 204 g/mol. The molecule has 1 aromatic carbocycles. The molecule has 0 radical (unpaired) electrons. The van der Waals surface area contributed by atoms with Crippen molar-refractivity contribution in [2.24, 2.45) is 0 Å².